The van der Waals surface area contributed by atoms with Crippen molar-refractivity contribution < 1.29 is 38.1 Å². The number of hydrazone groups is 1. The summed E-state index contributed by atoms with van der Waals surface area (Å²) in [5, 5.41) is 9.32. The molecule has 41 heavy (non-hydrogen) atoms. The predicted molar refractivity (Wildman–Crippen MR) is 151 cm³/mol. The third kappa shape index (κ3) is 8.37. The van der Waals surface area contributed by atoms with Gasteiger partial charge in [0.15, 0.2) is 29.6 Å². The molecule has 12 nitrogen and oxygen atoms in total. The number of hydrogen-bond donors (Lipinski definition) is 3. The molecular formula is C29H36N4O8. The lowest BCUT2D eigenvalue weighted by Crippen LogP contribution is -2.45. The summed E-state index contributed by atoms with van der Waals surface area (Å²) >= 11 is 0. The van der Waals surface area contributed by atoms with Crippen molar-refractivity contribution in [3.8, 4) is 23.0 Å². The van der Waals surface area contributed by atoms with Gasteiger partial charge in [-0.25, -0.2) is 15.0 Å². The minimum absolute atomic E-state index is 0.188. The molecule has 2 aromatic rings. The number of carbonyl (C=O) groups excluding carboxylic acids is 3. The lowest BCUT2D eigenvalue weighted by molar-refractivity contribution is -0.139. The summed E-state index contributed by atoms with van der Waals surface area (Å²) in [4.78, 5) is 37.1. The van der Waals surface area contributed by atoms with Crippen molar-refractivity contribution in [3.05, 3.63) is 58.8 Å². The fraction of sp³-hybridized carbons (Fsp3) is 0.379. The van der Waals surface area contributed by atoms with Crippen molar-refractivity contribution in [2.45, 2.75) is 40.2 Å². The summed E-state index contributed by atoms with van der Waals surface area (Å²) in [6.07, 6.45) is 2.37. The summed E-state index contributed by atoms with van der Waals surface area (Å²) in [6.45, 7) is 8.16. The lowest BCUT2D eigenvalue weighted by atomic mass is 9.95. The maximum atomic E-state index is 12.6. The molecule has 0 fully saturated rings. The van der Waals surface area contributed by atoms with Crippen molar-refractivity contribution in [2.24, 2.45) is 5.10 Å². The first kappa shape index (κ1) is 30.8. The molecule has 0 saturated carbocycles. The molecule has 0 aliphatic carbocycles. The third-order valence-corrected chi connectivity index (χ3v) is 5.78. The molecule has 3 N–H and O–H groups in total. The van der Waals surface area contributed by atoms with E-state index < -0.39 is 23.9 Å². The van der Waals surface area contributed by atoms with Crippen LogP contribution in [0.25, 0.3) is 0 Å². The molecule has 0 spiro atoms. The Hall–Kier alpha value is -4.74. The molecule has 0 radical (unpaired) electrons. The molecule has 1 aliphatic heterocycles. The van der Waals surface area contributed by atoms with Gasteiger partial charge < -0.3 is 34.3 Å². The van der Waals surface area contributed by atoms with Crippen LogP contribution in [0.15, 0.2) is 52.8 Å². The van der Waals surface area contributed by atoms with Gasteiger partial charge in [-0.2, -0.15) is 5.10 Å². The zero-order valence-corrected chi connectivity index (χ0v) is 23.9. The van der Waals surface area contributed by atoms with Crippen LogP contribution in [-0.2, 0) is 14.3 Å². The Labute approximate surface area is 239 Å². The van der Waals surface area contributed by atoms with Crippen LogP contribution in [0, 0.1) is 0 Å². The number of urea groups is 1. The van der Waals surface area contributed by atoms with Gasteiger partial charge in [-0.1, -0.05) is 13.0 Å². The van der Waals surface area contributed by atoms with Crippen LogP contribution in [0.1, 0.15) is 51.3 Å². The van der Waals surface area contributed by atoms with E-state index in [-0.39, 0.29) is 24.5 Å². The second kappa shape index (κ2) is 15.2. The number of esters is 1. The van der Waals surface area contributed by atoms with E-state index in [1.165, 1.54) is 13.3 Å². The average molecular weight is 569 g/mol. The van der Waals surface area contributed by atoms with E-state index in [1.807, 2.05) is 13.8 Å². The van der Waals surface area contributed by atoms with Crippen LogP contribution >= 0.6 is 0 Å². The molecule has 12 heteroatoms. The minimum atomic E-state index is -0.765. The molecule has 0 unspecified atom stereocenters. The largest absolute Gasteiger partial charge is 0.493 e. The Balaban J connectivity index is 1.65. The van der Waals surface area contributed by atoms with E-state index in [9.17, 15) is 14.4 Å². The SMILES string of the molecule is CCCOc1ccc(/C=N\NC(=O)COc2ccc([C@H]3NC(=O)NC(C)=C3C(=O)OCC)cc2OC)cc1OCC. The van der Waals surface area contributed by atoms with E-state index in [0.29, 0.717) is 47.3 Å². The zero-order valence-electron chi connectivity index (χ0n) is 23.9. The summed E-state index contributed by atoms with van der Waals surface area (Å²) in [5.74, 6) is 0.801. The Morgan fingerprint density at radius 3 is 2.44 bits per heavy atom. The van der Waals surface area contributed by atoms with Crippen LogP contribution in [0.4, 0.5) is 4.79 Å². The highest BCUT2D eigenvalue weighted by Crippen LogP contribution is 2.34. The summed E-state index contributed by atoms with van der Waals surface area (Å²) in [5.41, 5.74) is 4.37. The van der Waals surface area contributed by atoms with E-state index in [0.717, 1.165) is 6.42 Å². The predicted octanol–water partition coefficient (Wildman–Crippen LogP) is 3.60. The van der Waals surface area contributed by atoms with Gasteiger partial charge in [0, 0.05) is 5.70 Å². The van der Waals surface area contributed by atoms with Crippen molar-refractivity contribution in [1.82, 2.24) is 16.1 Å². The van der Waals surface area contributed by atoms with Crippen molar-refractivity contribution in [2.75, 3.05) is 33.5 Å². The van der Waals surface area contributed by atoms with Crippen molar-refractivity contribution in [1.29, 1.82) is 0 Å². The van der Waals surface area contributed by atoms with Gasteiger partial charge >= 0.3 is 12.0 Å². The van der Waals surface area contributed by atoms with Crippen LogP contribution in [0.2, 0.25) is 0 Å². The topological polar surface area (TPSA) is 146 Å². The highest BCUT2D eigenvalue weighted by molar-refractivity contribution is 5.95. The Kier molecular flexibility index (Phi) is 11.4. The molecular weight excluding hydrogens is 532 g/mol. The van der Waals surface area contributed by atoms with E-state index in [1.54, 1.807) is 50.2 Å². The minimum Gasteiger partial charge on any atom is -0.493 e. The Morgan fingerprint density at radius 2 is 1.73 bits per heavy atom. The lowest BCUT2D eigenvalue weighted by Gasteiger charge is -2.28. The second-order valence-corrected chi connectivity index (χ2v) is 8.77. The summed E-state index contributed by atoms with van der Waals surface area (Å²) < 4.78 is 27.6. The monoisotopic (exact) mass is 568 g/mol. The van der Waals surface area contributed by atoms with E-state index in [4.69, 9.17) is 23.7 Å². The number of methoxy groups -OCH3 is 1. The fourth-order valence-corrected chi connectivity index (χ4v) is 3.97. The van der Waals surface area contributed by atoms with Crippen LogP contribution in [0.3, 0.4) is 0 Å². The second-order valence-electron chi connectivity index (χ2n) is 8.77. The quantitative estimate of drug-likeness (QED) is 0.178. The summed E-state index contributed by atoms with van der Waals surface area (Å²) in [6, 6.07) is 9.05. The van der Waals surface area contributed by atoms with Gasteiger partial charge in [-0.05, 0) is 68.7 Å². The smallest absolute Gasteiger partial charge is 0.338 e. The number of allylic oxidation sites excluding steroid dienone is 1. The van der Waals surface area contributed by atoms with Crippen LogP contribution in [0.5, 0.6) is 23.0 Å². The maximum Gasteiger partial charge on any atom is 0.338 e. The van der Waals surface area contributed by atoms with E-state index >= 15 is 0 Å². The molecule has 3 amide bonds. The van der Waals surface area contributed by atoms with Gasteiger partial charge in [-0.3, -0.25) is 4.79 Å². The fourth-order valence-electron chi connectivity index (χ4n) is 3.97. The molecule has 2 aromatic carbocycles. The van der Waals surface area contributed by atoms with Crippen molar-refractivity contribution in [3.63, 3.8) is 0 Å². The highest BCUT2D eigenvalue weighted by Gasteiger charge is 2.32. The Morgan fingerprint density at radius 1 is 0.976 bits per heavy atom. The standard InChI is InChI=1S/C29H36N4O8/c1-6-13-40-22-11-9-19(14-24(22)38-7-2)16-30-33-25(34)17-41-21-12-10-20(15-23(21)37-5)27-26(28(35)39-8-3)18(4)31-29(36)32-27/h9-12,14-16,27H,6-8,13,17H2,1-5H3,(H,33,34)(H2,31,32,36)/b30-16-/t27-/m1/s1. The highest BCUT2D eigenvalue weighted by atomic mass is 16.5. The normalized spacial score (nSPS) is 14.7. The first-order valence-corrected chi connectivity index (χ1v) is 13.3. The molecule has 1 aliphatic rings. The third-order valence-electron chi connectivity index (χ3n) is 5.78. The van der Waals surface area contributed by atoms with Crippen molar-refractivity contribution >= 4 is 24.1 Å². The average Bonchev–Trinajstić information content (AvgIpc) is 2.95. The molecule has 220 valence electrons. The summed E-state index contributed by atoms with van der Waals surface area (Å²) in [7, 11) is 1.44. The number of nitrogens with zero attached hydrogens (tertiary/aromatic N) is 1. The molecule has 1 heterocycles. The van der Waals surface area contributed by atoms with Gasteiger partial charge in [0.25, 0.3) is 5.91 Å². The van der Waals surface area contributed by atoms with Gasteiger partial charge in [-0.15, -0.1) is 0 Å². The van der Waals surface area contributed by atoms with Crippen LogP contribution < -0.4 is 35.0 Å². The number of rotatable bonds is 14. The number of amides is 3. The number of carbonyl (C=O) groups is 3. The first-order valence-electron chi connectivity index (χ1n) is 13.3. The van der Waals surface area contributed by atoms with Gasteiger partial charge in [0.05, 0.1) is 44.8 Å². The molecule has 0 bridgehead atoms. The maximum absolute atomic E-state index is 12.6. The molecule has 0 saturated heterocycles. The zero-order chi connectivity index (χ0) is 29.8. The number of hydrogen-bond acceptors (Lipinski definition) is 9. The van der Waals surface area contributed by atoms with E-state index in [2.05, 4.69) is 21.2 Å². The number of benzene rings is 2. The molecule has 0 aromatic heterocycles. The molecule has 1 atom stereocenters. The Bertz CT molecular complexity index is 1310. The first-order chi connectivity index (χ1) is 19.8. The number of ether oxygens (including phenoxy) is 5. The van der Waals surface area contributed by atoms with Gasteiger partial charge in [0.1, 0.15) is 0 Å². The van der Waals surface area contributed by atoms with Gasteiger partial charge in [0.2, 0.25) is 0 Å². The number of nitrogens with one attached hydrogen (secondary N) is 3. The van der Waals surface area contributed by atoms with Crippen LogP contribution in [-0.4, -0.2) is 57.7 Å². The molecule has 3 rings (SSSR count).